The van der Waals surface area contributed by atoms with Gasteiger partial charge in [0.15, 0.2) is 16.9 Å². The second-order valence-electron chi connectivity index (χ2n) is 7.56. The Hall–Kier alpha value is -3.92. The zero-order valence-electron chi connectivity index (χ0n) is 18.9. The molecule has 10 heteroatoms. The molecule has 0 aliphatic carbocycles. The summed E-state index contributed by atoms with van der Waals surface area (Å²) in [6, 6.07) is 9.48. The highest BCUT2D eigenvalue weighted by molar-refractivity contribution is 7.15. The first kappa shape index (κ1) is 21.9. The topological polar surface area (TPSA) is 104 Å². The van der Waals surface area contributed by atoms with Crippen LogP contribution in [-0.2, 0) is 0 Å². The van der Waals surface area contributed by atoms with E-state index in [2.05, 4.69) is 10.2 Å². The number of benzene rings is 2. The van der Waals surface area contributed by atoms with Crippen LogP contribution in [0.1, 0.15) is 39.7 Å². The predicted molar refractivity (Wildman–Crippen MR) is 126 cm³/mol. The molecule has 0 fully saturated rings. The minimum atomic E-state index is -0.776. The van der Waals surface area contributed by atoms with Crippen molar-refractivity contribution in [3.05, 3.63) is 68.5 Å². The number of carbonyl (C=O) groups excluding carboxylic acids is 1. The first-order valence-corrected chi connectivity index (χ1v) is 11.4. The van der Waals surface area contributed by atoms with E-state index in [1.807, 2.05) is 6.92 Å². The lowest BCUT2D eigenvalue weighted by molar-refractivity contribution is 0.0970. The molecule has 0 bridgehead atoms. The van der Waals surface area contributed by atoms with Gasteiger partial charge in [0, 0.05) is 6.07 Å². The summed E-state index contributed by atoms with van der Waals surface area (Å²) in [4.78, 5) is 28.8. The molecule has 0 spiro atoms. The van der Waals surface area contributed by atoms with Crippen molar-refractivity contribution in [2.45, 2.75) is 19.9 Å². The number of ether oxygens (including phenoxy) is 3. The predicted octanol–water partition coefficient (Wildman–Crippen LogP) is 4.12. The van der Waals surface area contributed by atoms with Crippen LogP contribution in [0.5, 0.6) is 17.2 Å². The van der Waals surface area contributed by atoms with Crippen molar-refractivity contribution in [2.24, 2.45) is 0 Å². The molecular formula is C24H21N3O6S. The molecule has 2 aromatic carbocycles. The second kappa shape index (κ2) is 8.45. The van der Waals surface area contributed by atoms with E-state index in [-0.39, 0.29) is 22.3 Å². The Morgan fingerprint density at radius 2 is 1.85 bits per heavy atom. The standard InChI is InChI=1S/C24H21N3O6S/c1-5-32-14-7-8-15-17(11-14)33-22-19(21(15)28)20(13-6-9-16(30-3)18(10-13)31-4)27(23(22)29)24-26-25-12(2)34-24/h6-11,20H,5H2,1-4H3. The number of hydrogen-bond acceptors (Lipinski definition) is 9. The highest BCUT2D eigenvalue weighted by Crippen LogP contribution is 2.44. The smallest absolute Gasteiger partial charge is 0.297 e. The maximum atomic E-state index is 13.7. The van der Waals surface area contributed by atoms with Crippen molar-refractivity contribution in [3.8, 4) is 17.2 Å². The lowest BCUT2D eigenvalue weighted by atomic mass is 9.98. The van der Waals surface area contributed by atoms with Crippen LogP contribution in [0.2, 0.25) is 0 Å². The number of carbonyl (C=O) groups is 1. The summed E-state index contributed by atoms with van der Waals surface area (Å²) < 4.78 is 22.4. The summed E-state index contributed by atoms with van der Waals surface area (Å²) in [5.41, 5.74) is 0.873. The van der Waals surface area contributed by atoms with Gasteiger partial charge in [0.05, 0.1) is 37.8 Å². The summed E-state index contributed by atoms with van der Waals surface area (Å²) in [7, 11) is 3.07. The van der Waals surface area contributed by atoms with Crippen LogP contribution in [0.15, 0.2) is 45.6 Å². The third-order valence-electron chi connectivity index (χ3n) is 5.60. The number of nitrogens with zero attached hydrogens (tertiary/aromatic N) is 3. The van der Waals surface area contributed by atoms with Crippen LogP contribution >= 0.6 is 11.3 Å². The van der Waals surface area contributed by atoms with Crippen molar-refractivity contribution in [1.29, 1.82) is 0 Å². The molecule has 9 nitrogen and oxygen atoms in total. The van der Waals surface area contributed by atoms with Gasteiger partial charge in [-0.2, -0.15) is 0 Å². The van der Waals surface area contributed by atoms with Gasteiger partial charge in [-0.1, -0.05) is 17.4 Å². The normalized spacial score (nSPS) is 15.0. The van der Waals surface area contributed by atoms with Crippen molar-refractivity contribution in [2.75, 3.05) is 25.7 Å². The summed E-state index contributed by atoms with van der Waals surface area (Å²) in [5.74, 6) is 1.06. The minimum Gasteiger partial charge on any atom is -0.494 e. The molecule has 0 N–H and O–H groups in total. The van der Waals surface area contributed by atoms with Gasteiger partial charge in [-0.3, -0.25) is 14.5 Å². The van der Waals surface area contributed by atoms with Crippen LogP contribution in [0.3, 0.4) is 0 Å². The van der Waals surface area contributed by atoms with E-state index in [4.69, 9.17) is 18.6 Å². The zero-order valence-corrected chi connectivity index (χ0v) is 19.8. The Labute approximate surface area is 198 Å². The number of rotatable bonds is 6. The minimum absolute atomic E-state index is 0.0289. The molecule has 1 amide bonds. The number of anilines is 1. The van der Waals surface area contributed by atoms with E-state index in [1.54, 1.807) is 50.4 Å². The Balaban J connectivity index is 1.77. The molecule has 3 heterocycles. The van der Waals surface area contributed by atoms with Crippen LogP contribution in [-0.4, -0.2) is 36.9 Å². The van der Waals surface area contributed by atoms with E-state index in [0.29, 0.717) is 44.9 Å². The molecule has 1 aliphatic rings. The van der Waals surface area contributed by atoms with Gasteiger partial charge in [-0.25, -0.2) is 0 Å². The third-order valence-corrected chi connectivity index (χ3v) is 6.44. The fourth-order valence-electron chi connectivity index (χ4n) is 4.13. The monoisotopic (exact) mass is 479 g/mol. The average molecular weight is 480 g/mol. The SMILES string of the molecule is CCOc1ccc2c(=O)c3c(oc2c1)C(=O)N(c1nnc(C)s1)C3c1ccc(OC)c(OC)c1. The van der Waals surface area contributed by atoms with E-state index in [0.717, 1.165) is 0 Å². The molecule has 34 heavy (non-hydrogen) atoms. The zero-order chi connectivity index (χ0) is 24.0. The van der Waals surface area contributed by atoms with Gasteiger partial charge in [0.2, 0.25) is 10.9 Å². The number of aryl methyl sites for hydroxylation is 1. The van der Waals surface area contributed by atoms with Crippen molar-refractivity contribution < 1.29 is 23.4 Å². The van der Waals surface area contributed by atoms with Gasteiger partial charge in [0.25, 0.3) is 5.91 Å². The highest BCUT2D eigenvalue weighted by atomic mass is 32.1. The Morgan fingerprint density at radius 1 is 1.06 bits per heavy atom. The maximum Gasteiger partial charge on any atom is 0.297 e. The lowest BCUT2D eigenvalue weighted by Crippen LogP contribution is -2.29. The van der Waals surface area contributed by atoms with Gasteiger partial charge in [-0.15, -0.1) is 10.2 Å². The van der Waals surface area contributed by atoms with Crippen LogP contribution in [0, 0.1) is 6.92 Å². The number of hydrogen-bond donors (Lipinski definition) is 0. The number of amides is 1. The van der Waals surface area contributed by atoms with Gasteiger partial charge < -0.3 is 18.6 Å². The molecule has 1 unspecified atom stereocenters. The third kappa shape index (κ3) is 3.38. The molecule has 0 radical (unpaired) electrons. The molecule has 4 aromatic rings. The lowest BCUT2D eigenvalue weighted by Gasteiger charge is -2.23. The van der Waals surface area contributed by atoms with E-state index in [9.17, 15) is 9.59 Å². The fraction of sp³-hybridized carbons (Fsp3) is 0.250. The van der Waals surface area contributed by atoms with Gasteiger partial charge >= 0.3 is 0 Å². The number of aromatic nitrogens is 2. The van der Waals surface area contributed by atoms with Crippen LogP contribution in [0.25, 0.3) is 11.0 Å². The maximum absolute atomic E-state index is 13.7. The summed E-state index contributed by atoms with van der Waals surface area (Å²) in [6.07, 6.45) is 0. The fourth-order valence-corrected chi connectivity index (χ4v) is 4.84. The molecule has 1 atom stereocenters. The van der Waals surface area contributed by atoms with E-state index < -0.39 is 11.9 Å². The summed E-state index contributed by atoms with van der Waals surface area (Å²) in [6.45, 7) is 4.13. The van der Waals surface area contributed by atoms with Crippen molar-refractivity contribution in [1.82, 2.24) is 10.2 Å². The molecule has 5 rings (SSSR count). The molecule has 0 saturated heterocycles. The Bertz CT molecular complexity index is 1480. The molecule has 174 valence electrons. The first-order valence-electron chi connectivity index (χ1n) is 10.6. The molecular weight excluding hydrogens is 458 g/mol. The molecule has 0 saturated carbocycles. The summed E-state index contributed by atoms with van der Waals surface area (Å²) >= 11 is 1.26. The Kier molecular flexibility index (Phi) is 5.45. The number of fused-ring (bicyclic) bond motifs is 2. The molecule has 2 aromatic heterocycles. The van der Waals surface area contributed by atoms with E-state index >= 15 is 0 Å². The van der Waals surface area contributed by atoms with Crippen LogP contribution < -0.4 is 24.5 Å². The van der Waals surface area contributed by atoms with Crippen LogP contribution in [0.4, 0.5) is 5.13 Å². The highest BCUT2D eigenvalue weighted by Gasteiger charge is 2.45. The number of methoxy groups -OCH3 is 2. The van der Waals surface area contributed by atoms with Crippen molar-refractivity contribution >= 4 is 33.3 Å². The molecule has 1 aliphatic heterocycles. The average Bonchev–Trinajstić information content (AvgIpc) is 3.39. The van der Waals surface area contributed by atoms with E-state index in [1.165, 1.54) is 23.3 Å². The summed E-state index contributed by atoms with van der Waals surface area (Å²) in [5, 5.41) is 9.65. The first-order chi connectivity index (χ1) is 16.5. The second-order valence-corrected chi connectivity index (χ2v) is 8.72. The van der Waals surface area contributed by atoms with Gasteiger partial charge in [-0.05, 0) is 43.7 Å². The van der Waals surface area contributed by atoms with Gasteiger partial charge in [0.1, 0.15) is 16.3 Å². The van der Waals surface area contributed by atoms with Crippen molar-refractivity contribution in [3.63, 3.8) is 0 Å². The largest absolute Gasteiger partial charge is 0.494 e. The Morgan fingerprint density at radius 3 is 2.53 bits per heavy atom. The quantitative estimate of drug-likeness (QED) is 0.407.